The van der Waals surface area contributed by atoms with Crippen LogP contribution in [0.1, 0.15) is 18.1 Å². The van der Waals surface area contributed by atoms with Crippen LogP contribution in [-0.2, 0) is 11.0 Å². The van der Waals surface area contributed by atoms with E-state index in [-0.39, 0.29) is 11.3 Å². The summed E-state index contributed by atoms with van der Waals surface area (Å²) in [6.07, 6.45) is -2.38. The molecule has 0 radical (unpaired) electrons. The van der Waals surface area contributed by atoms with Gasteiger partial charge in [0.2, 0.25) is 0 Å². The quantitative estimate of drug-likeness (QED) is 0.563. The summed E-state index contributed by atoms with van der Waals surface area (Å²) >= 11 is 0. The van der Waals surface area contributed by atoms with E-state index in [9.17, 15) is 22.4 Å². The van der Waals surface area contributed by atoms with Crippen molar-refractivity contribution in [2.45, 2.75) is 13.1 Å². The van der Waals surface area contributed by atoms with Gasteiger partial charge in [0, 0.05) is 0 Å². The molecule has 86 valence electrons. The highest BCUT2D eigenvalue weighted by Gasteiger charge is 2.31. The second-order valence-corrected chi connectivity index (χ2v) is 3.21. The standard InChI is InChI=1S/C11H8F4O/c1-7(16)2-3-8-4-9(11(13,14)15)6-10(12)5-8/h2-6H,1H3/b3-2+. The SMILES string of the molecule is CC(=O)/C=C/c1cc(F)cc(C(F)(F)F)c1. The molecule has 0 aromatic heterocycles. The van der Waals surface area contributed by atoms with Crippen LogP contribution in [0.3, 0.4) is 0 Å². The summed E-state index contributed by atoms with van der Waals surface area (Å²) in [5.41, 5.74) is -1.07. The second-order valence-electron chi connectivity index (χ2n) is 3.21. The zero-order valence-electron chi connectivity index (χ0n) is 8.31. The van der Waals surface area contributed by atoms with E-state index in [1.165, 1.54) is 6.92 Å². The van der Waals surface area contributed by atoms with Crippen LogP contribution in [0.15, 0.2) is 24.3 Å². The van der Waals surface area contributed by atoms with Crippen molar-refractivity contribution in [3.8, 4) is 0 Å². The molecule has 0 saturated carbocycles. The number of carbonyl (C=O) groups excluding carboxylic acids is 1. The van der Waals surface area contributed by atoms with E-state index in [2.05, 4.69) is 0 Å². The highest BCUT2D eigenvalue weighted by atomic mass is 19.4. The average molecular weight is 232 g/mol. The highest BCUT2D eigenvalue weighted by molar-refractivity contribution is 5.91. The maximum Gasteiger partial charge on any atom is 0.416 e. The van der Waals surface area contributed by atoms with Gasteiger partial charge in [0.1, 0.15) is 5.82 Å². The number of hydrogen-bond acceptors (Lipinski definition) is 1. The van der Waals surface area contributed by atoms with Gasteiger partial charge in [0.15, 0.2) is 5.78 Å². The number of benzene rings is 1. The minimum atomic E-state index is -4.60. The van der Waals surface area contributed by atoms with E-state index >= 15 is 0 Å². The Labute approximate surface area is 89.4 Å². The molecule has 1 aromatic rings. The summed E-state index contributed by atoms with van der Waals surface area (Å²) in [5.74, 6) is -1.31. The van der Waals surface area contributed by atoms with Gasteiger partial charge < -0.3 is 0 Å². The average Bonchev–Trinajstić information content (AvgIpc) is 2.12. The molecule has 0 heterocycles. The summed E-state index contributed by atoms with van der Waals surface area (Å²) in [6.45, 7) is 1.25. The predicted molar refractivity (Wildman–Crippen MR) is 51.1 cm³/mol. The van der Waals surface area contributed by atoms with Crippen molar-refractivity contribution in [1.29, 1.82) is 0 Å². The van der Waals surface area contributed by atoms with E-state index in [4.69, 9.17) is 0 Å². The fourth-order valence-corrected chi connectivity index (χ4v) is 1.09. The molecule has 0 aliphatic carbocycles. The van der Waals surface area contributed by atoms with Crippen LogP contribution < -0.4 is 0 Å². The van der Waals surface area contributed by atoms with Gasteiger partial charge in [-0.25, -0.2) is 4.39 Å². The number of carbonyl (C=O) groups is 1. The third kappa shape index (κ3) is 3.49. The first kappa shape index (κ1) is 12.4. The van der Waals surface area contributed by atoms with Gasteiger partial charge >= 0.3 is 6.18 Å². The lowest BCUT2D eigenvalue weighted by Crippen LogP contribution is -2.05. The third-order valence-electron chi connectivity index (χ3n) is 1.76. The molecule has 1 aromatic carbocycles. The number of halogens is 4. The number of alkyl halides is 3. The molecule has 0 spiro atoms. The van der Waals surface area contributed by atoms with Gasteiger partial charge in [-0.15, -0.1) is 0 Å². The largest absolute Gasteiger partial charge is 0.416 e. The lowest BCUT2D eigenvalue weighted by Gasteiger charge is -2.07. The number of ketones is 1. The maximum atomic E-state index is 12.9. The van der Waals surface area contributed by atoms with Gasteiger partial charge in [-0.05, 0) is 36.8 Å². The Hall–Kier alpha value is -1.65. The minimum Gasteiger partial charge on any atom is -0.295 e. The third-order valence-corrected chi connectivity index (χ3v) is 1.76. The fourth-order valence-electron chi connectivity index (χ4n) is 1.09. The van der Waals surface area contributed by atoms with Crippen LogP contribution in [0.25, 0.3) is 6.08 Å². The molecule has 0 unspecified atom stereocenters. The summed E-state index contributed by atoms with van der Waals surface area (Å²) in [5, 5.41) is 0. The fraction of sp³-hybridized carbons (Fsp3) is 0.182. The molecular weight excluding hydrogens is 224 g/mol. The molecule has 0 amide bonds. The monoisotopic (exact) mass is 232 g/mol. The lowest BCUT2D eigenvalue weighted by atomic mass is 10.1. The Morgan fingerprint density at radius 2 is 1.88 bits per heavy atom. The van der Waals surface area contributed by atoms with Crippen LogP contribution in [0.4, 0.5) is 17.6 Å². The summed E-state index contributed by atoms with van der Waals surface area (Å²) in [6, 6.07) is 2.11. The zero-order valence-corrected chi connectivity index (χ0v) is 8.31. The predicted octanol–water partition coefficient (Wildman–Crippen LogP) is 3.45. The second kappa shape index (κ2) is 4.47. The van der Waals surface area contributed by atoms with Crippen LogP contribution >= 0.6 is 0 Å². The van der Waals surface area contributed by atoms with Crippen molar-refractivity contribution in [2.24, 2.45) is 0 Å². The van der Waals surface area contributed by atoms with Crippen LogP contribution in [-0.4, -0.2) is 5.78 Å². The van der Waals surface area contributed by atoms with E-state index in [1.54, 1.807) is 0 Å². The zero-order chi connectivity index (χ0) is 12.3. The smallest absolute Gasteiger partial charge is 0.295 e. The highest BCUT2D eigenvalue weighted by Crippen LogP contribution is 2.30. The Balaban J connectivity index is 3.13. The van der Waals surface area contributed by atoms with Crippen molar-refractivity contribution in [2.75, 3.05) is 0 Å². The molecular formula is C11H8F4O. The van der Waals surface area contributed by atoms with Crippen molar-refractivity contribution in [3.63, 3.8) is 0 Å². The van der Waals surface area contributed by atoms with E-state index in [0.717, 1.165) is 24.3 Å². The minimum absolute atomic E-state index is 0.00234. The van der Waals surface area contributed by atoms with E-state index in [1.807, 2.05) is 0 Å². The van der Waals surface area contributed by atoms with Crippen LogP contribution in [0.5, 0.6) is 0 Å². The van der Waals surface area contributed by atoms with E-state index in [0.29, 0.717) is 6.07 Å². The molecule has 0 atom stereocenters. The number of hydrogen-bond donors (Lipinski definition) is 0. The molecule has 5 heteroatoms. The maximum absolute atomic E-state index is 12.9. The van der Waals surface area contributed by atoms with Crippen molar-refractivity contribution < 1.29 is 22.4 Å². The first-order valence-electron chi connectivity index (χ1n) is 4.35. The van der Waals surface area contributed by atoms with Crippen LogP contribution in [0, 0.1) is 5.82 Å². The topological polar surface area (TPSA) is 17.1 Å². The Morgan fingerprint density at radius 3 is 2.38 bits per heavy atom. The number of rotatable bonds is 2. The summed E-state index contributed by atoms with van der Waals surface area (Å²) in [7, 11) is 0. The van der Waals surface area contributed by atoms with Crippen molar-refractivity contribution in [1.82, 2.24) is 0 Å². The molecule has 0 bridgehead atoms. The lowest BCUT2D eigenvalue weighted by molar-refractivity contribution is -0.137. The van der Waals surface area contributed by atoms with Gasteiger partial charge in [-0.3, -0.25) is 4.79 Å². The Morgan fingerprint density at radius 1 is 1.25 bits per heavy atom. The molecule has 0 fully saturated rings. The molecule has 0 aliphatic heterocycles. The van der Waals surface area contributed by atoms with Crippen molar-refractivity contribution >= 4 is 11.9 Å². The Bertz CT molecular complexity index is 432. The van der Waals surface area contributed by atoms with Gasteiger partial charge in [-0.1, -0.05) is 6.08 Å². The summed E-state index contributed by atoms with van der Waals surface area (Å²) in [4.78, 5) is 10.6. The first-order chi connectivity index (χ1) is 7.29. The van der Waals surface area contributed by atoms with Gasteiger partial charge in [-0.2, -0.15) is 13.2 Å². The molecule has 1 nitrogen and oxygen atoms in total. The molecule has 16 heavy (non-hydrogen) atoms. The molecule has 1 rings (SSSR count). The first-order valence-corrected chi connectivity index (χ1v) is 4.35. The normalized spacial score (nSPS) is 12.1. The van der Waals surface area contributed by atoms with Gasteiger partial charge in [0.25, 0.3) is 0 Å². The number of allylic oxidation sites excluding steroid dienone is 1. The van der Waals surface area contributed by atoms with E-state index < -0.39 is 17.6 Å². The molecule has 0 N–H and O–H groups in total. The summed E-state index contributed by atoms with van der Waals surface area (Å²) < 4.78 is 49.7. The Kier molecular flexibility index (Phi) is 3.47. The van der Waals surface area contributed by atoms with Crippen LogP contribution in [0.2, 0.25) is 0 Å². The molecule has 0 aliphatic rings. The van der Waals surface area contributed by atoms with Crippen molar-refractivity contribution in [3.05, 3.63) is 41.2 Å². The van der Waals surface area contributed by atoms with Gasteiger partial charge in [0.05, 0.1) is 5.56 Å². The molecule has 0 saturated heterocycles.